The number of aromatic nitrogens is 2. The number of benzene rings is 1. The highest BCUT2D eigenvalue weighted by Crippen LogP contribution is 2.34. The van der Waals surface area contributed by atoms with Crippen molar-refractivity contribution in [3.63, 3.8) is 0 Å². The van der Waals surface area contributed by atoms with Crippen molar-refractivity contribution in [1.82, 2.24) is 14.7 Å². The second-order valence-electron chi connectivity index (χ2n) is 6.29. The molecular weight excluding hydrogens is 349 g/mol. The summed E-state index contributed by atoms with van der Waals surface area (Å²) in [5.74, 6) is 0.722. The number of aryl methyl sites for hydroxylation is 1. The molecule has 1 N–H and O–H groups in total. The SMILES string of the molecule is Cc1c(C(F)(F)F)nn(C)c1NC(=O)N1Cc2ccccc2OC(C)C1. The molecule has 0 radical (unpaired) electrons. The lowest BCUT2D eigenvalue weighted by atomic mass is 10.2. The highest BCUT2D eigenvalue weighted by Gasteiger charge is 2.38. The number of carbonyl (C=O) groups is 1. The number of alkyl halides is 3. The average molecular weight is 368 g/mol. The summed E-state index contributed by atoms with van der Waals surface area (Å²) in [6, 6.07) is 6.87. The maximum atomic E-state index is 13.0. The smallest absolute Gasteiger partial charge is 0.435 e. The molecule has 0 saturated heterocycles. The van der Waals surface area contributed by atoms with Crippen LogP contribution in [0.25, 0.3) is 0 Å². The van der Waals surface area contributed by atoms with Gasteiger partial charge < -0.3 is 9.64 Å². The van der Waals surface area contributed by atoms with Gasteiger partial charge in [0.05, 0.1) is 13.1 Å². The fraction of sp³-hybridized carbons (Fsp3) is 0.412. The Morgan fingerprint density at radius 1 is 1.35 bits per heavy atom. The lowest BCUT2D eigenvalue weighted by Gasteiger charge is -2.22. The number of urea groups is 1. The number of amides is 2. The van der Waals surface area contributed by atoms with Crippen molar-refractivity contribution in [1.29, 1.82) is 0 Å². The molecule has 1 aliphatic heterocycles. The second-order valence-corrected chi connectivity index (χ2v) is 6.29. The van der Waals surface area contributed by atoms with Crippen LogP contribution in [-0.2, 0) is 19.8 Å². The molecule has 1 aromatic carbocycles. The largest absolute Gasteiger partial charge is 0.489 e. The first kappa shape index (κ1) is 18.1. The summed E-state index contributed by atoms with van der Waals surface area (Å²) in [5, 5.41) is 6.03. The maximum Gasteiger partial charge on any atom is 0.435 e. The molecule has 1 aromatic heterocycles. The van der Waals surface area contributed by atoms with Gasteiger partial charge in [0.2, 0.25) is 0 Å². The number of hydrogen-bond acceptors (Lipinski definition) is 3. The number of fused-ring (bicyclic) bond motifs is 1. The third kappa shape index (κ3) is 3.47. The Hall–Kier alpha value is -2.71. The zero-order valence-corrected chi connectivity index (χ0v) is 14.6. The monoisotopic (exact) mass is 368 g/mol. The first-order valence-electron chi connectivity index (χ1n) is 8.08. The summed E-state index contributed by atoms with van der Waals surface area (Å²) in [7, 11) is 1.36. The molecule has 1 atom stereocenters. The van der Waals surface area contributed by atoms with Crippen LogP contribution in [0.2, 0.25) is 0 Å². The van der Waals surface area contributed by atoms with Crippen molar-refractivity contribution in [2.24, 2.45) is 7.05 Å². The number of anilines is 1. The summed E-state index contributed by atoms with van der Waals surface area (Å²) < 4.78 is 45.8. The van der Waals surface area contributed by atoms with E-state index in [1.807, 2.05) is 31.2 Å². The highest BCUT2D eigenvalue weighted by atomic mass is 19.4. The van der Waals surface area contributed by atoms with Gasteiger partial charge in [0.25, 0.3) is 0 Å². The van der Waals surface area contributed by atoms with E-state index < -0.39 is 17.9 Å². The molecule has 140 valence electrons. The molecule has 1 unspecified atom stereocenters. The van der Waals surface area contributed by atoms with Crippen LogP contribution in [0.5, 0.6) is 5.75 Å². The number of nitrogens with one attached hydrogen (secondary N) is 1. The van der Waals surface area contributed by atoms with Crippen molar-refractivity contribution in [3.8, 4) is 5.75 Å². The summed E-state index contributed by atoms with van der Waals surface area (Å²) in [4.78, 5) is 14.2. The lowest BCUT2D eigenvalue weighted by molar-refractivity contribution is -0.141. The second kappa shape index (κ2) is 6.54. The van der Waals surface area contributed by atoms with Crippen molar-refractivity contribution in [3.05, 3.63) is 41.1 Å². The fourth-order valence-corrected chi connectivity index (χ4v) is 2.99. The van der Waals surface area contributed by atoms with E-state index in [4.69, 9.17) is 4.74 Å². The zero-order chi connectivity index (χ0) is 19.1. The molecule has 26 heavy (non-hydrogen) atoms. The van der Waals surface area contributed by atoms with Crippen LogP contribution in [-0.4, -0.2) is 33.4 Å². The minimum atomic E-state index is -4.57. The van der Waals surface area contributed by atoms with Crippen LogP contribution in [0.3, 0.4) is 0 Å². The molecule has 0 aliphatic carbocycles. The van der Waals surface area contributed by atoms with Gasteiger partial charge in [-0.3, -0.25) is 10.00 Å². The Morgan fingerprint density at radius 2 is 2.04 bits per heavy atom. The van der Waals surface area contributed by atoms with Gasteiger partial charge in [0, 0.05) is 18.2 Å². The Bertz CT molecular complexity index is 832. The molecule has 2 amide bonds. The van der Waals surface area contributed by atoms with E-state index in [0.717, 1.165) is 10.2 Å². The van der Waals surface area contributed by atoms with E-state index in [9.17, 15) is 18.0 Å². The number of carbonyl (C=O) groups excluding carboxylic acids is 1. The van der Waals surface area contributed by atoms with Crippen LogP contribution in [0, 0.1) is 6.92 Å². The fourth-order valence-electron chi connectivity index (χ4n) is 2.99. The van der Waals surface area contributed by atoms with Gasteiger partial charge in [-0.25, -0.2) is 4.79 Å². The minimum absolute atomic E-state index is 0.0217. The van der Waals surface area contributed by atoms with Gasteiger partial charge >= 0.3 is 12.2 Å². The van der Waals surface area contributed by atoms with E-state index in [0.29, 0.717) is 18.8 Å². The molecule has 0 bridgehead atoms. The molecule has 3 rings (SSSR count). The minimum Gasteiger partial charge on any atom is -0.489 e. The van der Waals surface area contributed by atoms with Gasteiger partial charge in [-0.15, -0.1) is 0 Å². The third-order valence-electron chi connectivity index (χ3n) is 4.20. The number of rotatable bonds is 1. The third-order valence-corrected chi connectivity index (χ3v) is 4.20. The molecule has 0 saturated carbocycles. The molecule has 2 heterocycles. The number of halogens is 3. The predicted molar refractivity (Wildman–Crippen MR) is 88.9 cm³/mol. The van der Waals surface area contributed by atoms with E-state index in [-0.39, 0.29) is 17.5 Å². The van der Waals surface area contributed by atoms with E-state index in [1.165, 1.54) is 18.9 Å². The van der Waals surface area contributed by atoms with Crippen LogP contribution in [0.4, 0.5) is 23.8 Å². The van der Waals surface area contributed by atoms with Gasteiger partial charge in [0.1, 0.15) is 17.7 Å². The first-order valence-corrected chi connectivity index (χ1v) is 8.08. The van der Waals surface area contributed by atoms with Crippen molar-refractivity contribution >= 4 is 11.8 Å². The number of nitrogens with zero attached hydrogens (tertiary/aromatic N) is 3. The Kier molecular flexibility index (Phi) is 4.55. The zero-order valence-electron chi connectivity index (χ0n) is 14.6. The topological polar surface area (TPSA) is 59.4 Å². The highest BCUT2D eigenvalue weighted by molar-refractivity contribution is 5.89. The van der Waals surface area contributed by atoms with Crippen LogP contribution < -0.4 is 10.1 Å². The summed E-state index contributed by atoms with van der Waals surface area (Å²) in [6.45, 7) is 3.73. The number of para-hydroxylation sites is 1. The molecule has 6 nitrogen and oxygen atoms in total. The van der Waals surface area contributed by atoms with Crippen molar-refractivity contribution in [2.75, 3.05) is 11.9 Å². The maximum absolute atomic E-state index is 13.0. The van der Waals surface area contributed by atoms with Gasteiger partial charge in [0.15, 0.2) is 5.69 Å². The molecule has 2 aromatic rings. The summed E-state index contributed by atoms with van der Waals surface area (Å²) >= 11 is 0. The number of hydrogen-bond donors (Lipinski definition) is 1. The molecule has 9 heteroatoms. The molecule has 0 fully saturated rings. The predicted octanol–water partition coefficient (Wildman–Crippen LogP) is 3.56. The first-order chi connectivity index (χ1) is 12.2. The van der Waals surface area contributed by atoms with Crippen LogP contribution in [0.15, 0.2) is 24.3 Å². The Morgan fingerprint density at radius 3 is 2.69 bits per heavy atom. The van der Waals surface area contributed by atoms with Gasteiger partial charge in [-0.05, 0) is 19.9 Å². The lowest BCUT2D eigenvalue weighted by Crippen LogP contribution is -2.39. The number of ether oxygens (including phenoxy) is 1. The van der Waals surface area contributed by atoms with Gasteiger partial charge in [-0.2, -0.15) is 18.3 Å². The van der Waals surface area contributed by atoms with Crippen LogP contribution in [0.1, 0.15) is 23.7 Å². The van der Waals surface area contributed by atoms with E-state index in [1.54, 1.807) is 0 Å². The Balaban J connectivity index is 1.84. The molecule has 1 aliphatic rings. The van der Waals surface area contributed by atoms with Crippen LogP contribution >= 0.6 is 0 Å². The standard InChI is InChI=1S/C17H19F3N4O2/c1-10-8-24(9-12-6-4-5-7-13(12)26-10)16(25)21-15-11(2)14(17(18,19)20)22-23(15)3/h4-7,10H,8-9H2,1-3H3,(H,21,25). The van der Waals surface area contributed by atoms with Gasteiger partial charge in [-0.1, -0.05) is 18.2 Å². The van der Waals surface area contributed by atoms with E-state index in [2.05, 4.69) is 10.4 Å². The van der Waals surface area contributed by atoms with Crippen molar-refractivity contribution in [2.45, 2.75) is 32.7 Å². The Labute approximate surface area is 148 Å². The molecular formula is C17H19F3N4O2. The quantitative estimate of drug-likeness (QED) is 0.837. The summed E-state index contributed by atoms with van der Waals surface area (Å²) in [6.07, 6.45) is -4.82. The summed E-state index contributed by atoms with van der Waals surface area (Å²) in [5.41, 5.74) is -0.286. The molecule has 0 spiro atoms. The average Bonchev–Trinajstić information content (AvgIpc) is 2.75. The van der Waals surface area contributed by atoms with E-state index >= 15 is 0 Å². The van der Waals surface area contributed by atoms with Crippen molar-refractivity contribution < 1.29 is 22.7 Å². The normalized spacial score (nSPS) is 17.3.